The summed E-state index contributed by atoms with van der Waals surface area (Å²) in [5.74, 6) is 2.93. The molecule has 0 N–H and O–H groups in total. The lowest BCUT2D eigenvalue weighted by Gasteiger charge is -2.21. The highest BCUT2D eigenvalue weighted by Crippen LogP contribution is 2.68. The van der Waals surface area contributed by atoms with Crippen molar-refractivity contribution < 1.29 is 8.78 Å². The molecule has 4 nitrogen and oxygen atoms in total. The molecule has 2 aliphatic rings. The summed E-state index contributed by atoms with van der Waals surface area (Å²) in [5, 5.41) is 0.424. The van der Waals surface area contributed by atoms with Crippen molar-refractivity contribution in [1.82, 2.24) is 14.5 Å². The topological polar surface area (TPSA) is 47.8 Å². The number of fused-ring (bicyclic) bond motifs is 3. The molecule has 0 radical (unpaired) electrons. The third-order valence-corrected chi connectivity index (χ3v) is 5.79. The van der Waals surface area contributed by atoms with Crippen molar-refractivity contribution in [2.45, 2.75) is 25.8 Å². The van der Waals surface area contributed by atoms with Crippen LogP contribution in [0, 0.1) is 23.2 Å². The average molecular weight is 363 g/mol. The summed E-state index contributed by atoms with van der Waals surface area (Å²) in [5.41, 5.74) is 0.440. The van der Waals surface area contributed by atoms with Gasteiger partial charge in [0.05, 0.1) is 16.3 Å². The quantitative estimate of drug-likeness (QED) is 0.577. The van der Waals surface area contributed by atoms with Crippen LogP contribution in [-0.4, -0.2) is 20.5 Å². The van der Waals surface area contributed by atoms with Crippen LogP contribution in [0.4, 0.5) is 8.78 Å². The highest BCUT2D eigenvalue weighted by atomic mass is 19.3. The molecule has 134 valence electrons. The van der Waals surface area contributed by atoms with Crippen molar-refractivity contribution in [2.24, 2.45) is 11.3 Å². The first-order valence-corrected chi connectivity index (χ1v) is 8.74. The zero-order valence-corrected chi connectivity index (χ0v) is 14.5. The second-order valence-corrected chi connectivity index (χ2v) is 7.41. The number of rotatable bonds is 0. The van der Waals surface area contributed by atoms with Crippen molar-refractivity contribution >= 4 is 10.9 Å². The van der Waals surface area contributed by atoms with Gasteiger partial charge < -0.3 is 0 Å². The van der Waals surface area contributed by atoms with Crippen LogP contribution in [0.15, 0.2) is 47.4 Å². The molecule has 1 saturated carbocycles. The van der Waals surface area contributed by atoms with Crippen molar-refractivity contribution in [3.8, 4) is 11.8 Å². The van der Waals surface area contributed by atoms with Crippen molar-refractivity contribution in [1.29, 1.82) is 0 Å². The maximum absolute atomic E-state index is 14.1. The Hall–Kier alpha value is -3.07. The van der Waals surface area contributed by atoms with Crippen LogP contribution in [0.3, 0.4) is 0 Å². The van der Waals surface area contributed by atoms with E-state index in [-0.39, 0.29) is 18.5 Å². The van der Waals surface area contributed by atoms with Gasteiger partial charge >= 0.3 is 0 Å². The minimum atomic E-state index is -2.74. The molecule has 2 atom stereocenters. The summed E-state index contributed by atoms with van der Waals surface area (Å²) in [6.45, 7) is 1.57. The number of nitrogens with zero attached hydrogens (tertiary/aromatic N) is 3. The Labute approximate surface area is 153 Å². The van der Waals surface area contributed by atoms with E-state index in [1.54, 1.807) is 31.3 Å². The van der Waals surface area contributed by atoms with Gasteiger partial charge in [-0.1, -0.05) is 18.9 Å². The highest BCUT2D eigenvalue weighted by Gasteiger charge is 2.78. The zero-order valence-electron chi connectivity index (χ0n) is 14.5. The molecule has 2 aromatic heterocycles. The monoisotopic (exact) mass is 363 g/mol. The Balaban J connectivity index is 1.58. The minimum absolute atomic E-state index is 0.0169. The third kappa shape index (κ3) is 2.24. The SMILES string of the molecule is CC12Cn3c(nc4cc(C#Cc5ccccn5)ccc4c3=O)CC1C2(F)F. The lowest BCUT2D eigenvalue weighted by Crippen LogP contribution is -2.33. The lowest BCUT2D eigenvalue weighted by molar-refractivity contribution is 0.0592. The predicted octanol–water partition coefficient (Wildman–Crippen LogP) is 3.02. The van der Waals surface area contributed by atoms with Gasteiger partial charge in [-0.2, -0.15) is 0 Å². The summed E-state index contributed by atoms with van der Waals surface area (Å²) < 4.78 is 29.6. The molecule has 6 heteroatoms. The van der Waals surface area contributed by atoms with E-state index < -0.39 is 17.3 Å². The fraction of sp³-hybridized carbons (Fsp3) is 0.286. The van der Waals surface area contributed by atoms with Crippen LogP contribution < -0.4 is 5.56 Å². The van der Waals surface area contributed by atoms with Crippen LogP contribution in [0.25, 0.3) is 10.9 Å². The fourth-order valence-electron chi connectivity index (χ4n) is 3.99. The van der Waals surface area contributed by atoms with Crippen LogP contribution in [-0.2, 0) is 13.0 Å². The minimum Gasteiger partial charge on any atom is -0.295 e. The Kier molecular flexibility index (Phi) is 3.12. The molecular formula is C21H15F2N3O. The lowest BCUT2D eigenvalue weighted by atomic mass is 10.00. The summed E-state index contributed by atoms with van der Waals surface area (Å²) in [6, 6.07) is 10.6. The molecule has 1 aliphatic carbocycles. The normalized spacial score (nSPS) is 24.5. The smallest absolute Gasteiger partial charge is 0.261 e. The molecule has 0 amide bonds. The number of hydrogen-bond donors (Lipinski definition) is 0. The molecule has 1 aromatic carbocycles. The van der Waals surface area contributed by atoms with Crippen LogP contribution >= 0.6 is 0 Å². The second kappa shape index (κ2) is 5.23. The van der Waals surface area contributed by atoms with Crippen molar-refractivity contribution in [2.75, 3.05) is 0 Å². The van der Waals surface area contributed by atoms with E-state index in [1.165, 1.54) is 4.57 Å². The maximum Gasteiger partial charge on any atom is 0.261 e. The maximum atomic E-state index is 14.1. The van der Waals surface area contributed by atoms with E-state index >= 15 is 0 Å². The fourth-order valence-corrected chi connectivity index (χ4v) is 3.99. The Bertz CT molecular complexity index is 1210. The largest absolute Gasteiger partial charge is 0.295 e. The van der Waals surface area contributed by atoms with Gasteiger partial charge in [0.25, 0.3) is 11.5 Å². The molecule has 1 fully saturated rings. The predicted molar refractivity (Wildman–Crippen MR) is 96.5 cm³/mol. The van der Waals surface area contributed by atoms with Gasteiger partial charge in [0.2, 0.25) is 0 Å². The molecule has 0 saturated heterocycles. The second-order valence-electron chi connectivity index (χ2n) is 7.41. The van der Waals surface area contributed by atoms with Gasteiger partial charge in [-0.25, -0.2) is 18.7 Å². The molecule has 0 bridgehead atoms. The van der Waals surface area contributed by atoms with E-state index in [4.69, 9.17) is 0 Å². The highest BCUT2D eigenvalue weighted by molar-refractivity contribution is 5.79. The Morgan fingerprint density at radius 1 is 1.22 bits per heavy atom. The molecule has 2 unspecified atom stereocenters. The van der Waals surface area contributed by atoms with Gasteiger partial charge in [-0.05, 0) is 36.3 Å². The third-order valence-electron chi connectivity index (χ3n) is 5.79. The number of hydrogen-bond acceptors (Lipinski definition) is 3. The number of halogens is 2. The van der Waals surface area contributed by atoms with E-state index in [2.05, 4.69) is 21.8 Å². The first-order valence-electron chi connectivity index (χ1n) is 8.74. The molecular weight excluding hydrogens is 348 g/mol. The molecule has 27 heavy (non-hydrogen) atoms. The van der Waals surface area contributed by atoms with Crippen LogP contribution in [0.5, 0.6) is 0 Å². The molecule has 3 heterocycles. The first kappa shape index (κ1) is 16.1. The summed E-state index contributed by atoms with van der Waals surface area (Å²) in [6.07, 6.45) is 1.79. The molecule has 1 aliphatic heterocycles. The van der Waals surface area contributed by atoms with E-state index in [0.29, 0.717) is 28.0 Å². The van der Waals surface area contributed by atoms with Crippen molar-refractivity contribution in [3.05, 3.63) is 70.0 Å². The van der Waals surface area contributed by atoms with Gasteiger partial charge in [-0.15, -0.1) is 0 Å². The van der Waals surface area contributed by atoms with Crippen molar-refractivity contribution in [3.63, 3.8) is 0 Å². The number of pyridine rings is 1. The average Bonchev–Trinajstić information content (AvgIpc) is 3.11. The first-order chi connectivity index (χ1) is 12.9. The van der Waals surface area contributed by atoms with Gasteiger partial charge in [0.15, 0.2) is 0 Å². The van der Waals surface area contributed by atoms with Crippen LogP contribution in [0.2, 0.25) is 0 Å². The van der Waals surface area contributed by atoms with E-state index in [9.17, 15) is 13.6 Å². The number of benzene rings is 1. The van der Waals surface area contributed by atoms with Crippen LogP contribution in [0.1, 0.15) is 24.0 Å². The molecule has 5 rings (SSSR count). The van der Waals surface area contributed by atoms with Gasteiger partial charge in [-0.3, -0.25) is 9.36 Å². The summed E-state index contributed by atoms with van der Waals surface area (Å²) >= 11 is 0. The summed E-state index contributed by atoms with van der Waals surface area (Å²) in [4.78, 5) is 21.5. The number of aromatic nitrogens is 3. The molecule has 0 spiro atoms. The summed E-state index contributed by atoms with van der Waals surface area (Å²) in [7, 11) is 0. The Morgan fingerprint density at radius 2 is 2.07 bits per heavy atom. The zero-order chi connectivity index (χ0) is 18.8. The Morgan fingerprint density at radius 3 is 2.85 bits per heavy atom. The van der Waals surface area contributed by atoms with E-state index in [1.807, 2.05) is 18.2 Å². The van der Waals surface area contributed by atoms with Gasteiger partial charge in [0, 0.05) is 30.6 Å². The molecule has 3 aromatic rings. The van der Waals surface area contributed by atoms with Gasteiger partial charge in [0.1, 0.15) is 11.5 Å². The standard InChI is InChI=1S/C21H15F2N3O/c1-20-12-26-18(11-17(20)21(20,22)23)25-16-10-13(6-8-15(16)19(26)27)5-7-14-4-2-3-9-24-14/h2-4,6,8-10,17H,11-12H2,1H3. The number of alkyl halides is 2. The van der Waals surface area contributed by atoms with E-state index in [0.717, 1.165) is 0 Å².